The van der Waals surface area contributed by atoms with Gasteiger partial charge in [-0.1, -0.05) is 6.07 Å². The van der Waals surface area contributed by atoms with E-state index < -0.39 is 33.7 Å². The van der Waals surface area contributed by atoms with Gasteiger partial charge in [-0.2, -0.15) is 0 Å². The van der Waals surface area contributed by atoms with Crippen LogP contribution in [0.5, 0.6) is 0 Å². The van der Waals surface area contributed by atoms with Crippen molar-refractivity contribution in [1.29, 1.82) is 0 Å². The number of hydrogen-bond donors (Lipinski definition) is 4. The molecule has 4 rings (SSSR count). The zero-order valence-electron chi connectivity index (χ0n) is 18.6. The Morgan fingerprint density at radius 3 is 2.47 bits per heavy atom. The number of H-pyrrole nitrogens is 1. The van der Waals surface area contributed by atoms with Crippen LogP contribution in [0.25, 0.3) is 10.9 Å². The predicted octanol–water partition coefficient (Wildman–Crippen LogP) is 0.902. The molecule has 2 saturated heterocycles. The average molecular weight is 493 g/mol. The van der Waals surface area contributed by atoms with Crippen molar-refractivity contribution >= 4 is 44.3 Å². The molecular weight excluding hydrogens is 464 g/mol. The maximum Gasteiger partial charge on any atom is 0.325 e. The Morgan fingerprint density at radius 1 is 1.12 bits per heavy atom. The number of aromatic nitrogens is 1. The minimum absolute atomic E-state index is 0.00708. The first-order chi connectivity index (χ1) is 16.1. The average Bonchev–Trinajstić information content (AvgIpc) is 3.35. The van der Waals surface area contributed by atoms with Gasteiger partial charge in [0.15, 0.2) is 9.84 Å². The number of carboxylic acids is 2. The summed E-state index contributed by atoms with van der Waals surface area (Å²) in [4.78, 5) is 41.9. The van der Waals surface area contributed by atoms with Crippen LogP contribution in [-0.2, 0) is 24.2 Å². The van der Waals surface area contributed by atoms with Crippen molar-refractivity contribution in [2.45, 2.75) is 31.3 Å². The van der Waals surface area contributed by atoms with E-state index in [2.05, 4.69) is 15.2 Å². The van der Waals surface area contributed by atoms with Gasteiger partial charge in [-0.05, 0) is 18.6 Å². The smallest absolute Gasteiger partial charge is 0.325 e. The van der Waals surface area contributed by atoms with E-state index in [-0.39, 0.29) is 30.4 Å². The molecule has 2 fully saturated rings. The summed E-state index contributed by atoms with van der Waals surface area (Å²) in [5.74, 6) is -2.04. The minimum atomic E-state index is -2.97. The van der Waals surface area contributed by atoms with Gasteiger partial charge in [0, 0.05) is 67.0 Å². The normalized spacial score (nSPS) is 21.9. The van der Waals surface area contributed by atoms with Crippen molar-refractivity contribution in [3.8, 4) is 0 Å². The van der Waals surface area contributed by atoms with E-state index >= 15 is 0 Å². The molecule has 2 aliphatic rings. The maximum absolute atomic E-state index is 12.2. The van der Waals surface area contributed by atoms with Gasteiger partial charge in [0.25, 0.3) is 0 Å². The molecule has 0 aliphatic carbocycles. The molecule has 0 unspecified atom stereocenters. The summed E-state index contributed by atoms with van der Waals surface area (Å²) < 4.78 is 23.6. The van der Waals surface area contributed by atoms with Crippen LogP contribution in [-0.4, -0.2) is 95.0 Å². The third-order valence-electron chi connectivity index (χ3n) is 6.53. The monoisotopic (exact) mass is 492 g/mol. The van der Waals surface area contributed by atoms with Crippen molar-refractivity contribution in [1.82, 2.24) is 14.8 Å². The van der Waals surface area contributed by atoms with Gasteiger partial charge < -0.3 is 20.5 Å². The van der Waals surface area contributed by atoms with Crippen molar-refractivity contribution in [3.05, 3.63) is 30.0 Å². The molecule has 4 N–H and O–H groups in total. The molecule has 2 aromatic rings. The number of hydrogen-bond acceptors (Lipinski definition) is 7. The third-order valence-corrected chi connectivity index (χ3v) is 8.28. The number of aromatic amines is 1. The van der Waals surface area contributed by atoms with Gasteiger partial charge in [0.05, 0.1) is 17.9 Å². The molecule has 0 radical (unpaired) electrons. The Hall–Kier alpha value is -2.96. The quantitative estimate of drug-likeness (QED) is 0.420. The van der Waals surface area contributed by atoms with E-state index in [1.54, 1.807) is 24.4 Å². The van der Waals surface area contributed by atoms with Crippen LogP contribution in [0.1, 0.15) is 30.9 Å². The van der Waals surface area contributed by atoms with E-state index in [0.717, 1.165) is 5.39 Å². The van der Waals surface area contributed by atoms with Crippen LogP contribution in [0.15, 0.2) is 24.4 Å². The highest BCUT2D eigenvalue weighted by molar-refractivity contribution is 7.91. The fraction of sp³-hybridized carbons (Fsp3) is 0.500. The highest BCUT2D eigenvalue weighted by Crippen LogP contribution is 2.31. The standard InChI is InChI=1S/C22H28N4O7S/c27-19(3-4-20(28)29)24-14-1-2-16-17(12-23-18(16)11-14)21(22(30)31)26-8-6-25(7-9-26)15-5-10-34(32,33)13-15/h1-2,11-12,15,21,23H,3-10,13H2,(H,24,27)(H,28,29)(H,30,31)/t15-,21+/m0/s1. The Bertz CT molecular complexity index is 1200. The lowest BCUT2D eigenvalue weighted by atomic mass is 10.0. The summed E-state index contributed by atoms with van der Waals surface area (Å²) in [5.41, 5.74) is 1.76. The number of benzene rings is 1. The molecule has 0 bridgehead atoms. The molecule has 11 nitrogen and oxygen atoms in total. The Balaban J connectivity index is 1.45. The second-order valence-electron chi connectivity index (χ2n) is 8.82. The molecule has 2 aliphatic heterocycles. The van der Waals surface area contributed by atoms with E-state index in [1.165, 1.54) is 0 Å². The molecule has 0 saturated carbocycles. The summed E-state index contributed by atoms with van der Waals surface area (Å²) in [7, 11) is -2.97. The predicted molar refractivity (Wildman–Crippen MR) is 124 cm³/mol. The minimum Gasteiger partial charge on any atom is -0.481 e. The lowest BCUT2D eigenvalue weighted by Gasteiger charge is -2.39. The summed E-state index contributed by atoms with van der Waals surface area (Å²) in [5, 5.41) is 22.1. The molecule has 12 heteroatoms. The van der Waals surface area contributed by atoms with E-state index in [9.17, 15) is 27.9 Å². The van der Waals surface area contributed by atoms with Gasteiger partial charge in [-0.25, -0.2) is 8.42 Å². The molecule has 1 amide bonds. The Labute approximate surface area is 196 Å². The lowest BCUT2D eigenvalue weighted by molar-refractivity contribution is -0.144. The second-order valence-corrected chi connectivity index (χ2v) is 11.0. The first-order valence-electron chi connectivity index (χ1n) is 11.2. The molecule has 0 spiro atoms. The topological polar surface area (TPSA) is 160 Å². The SMILES string of the molecule is O=C(O)CCC(=O)Nc1ccc2c([C@H](C(=O)O)N3CCN([C@H]4CCS(=O)(=O)C4)CC3)c[nH]c2c1. The van der Waals surface area contributed by atoms with Gasteiger partial charge in [0.1, 0.15) is 6.04 Å². The molecule has 34 heavy (non-hydrogen) atoms. The number of carboxylic acid groups (broad SMARTS) is 2. The lowest BCUT2D eigenvalue weighted by Crippen LogP contribution is -2.52. The van der Waals surface area contributed by atoms with Crippen LogP contribution in [0, 0.1) is 0 Å². The van der Waals surface area contributed by atoms with Crippen LogP contribution >= 0.6 is 0 Å². The van der Waals surface area contributed by atoms with Gasteiger partial charge in [0.2, 0.25) is 5.91 Å². The first kappa shape index (κ1) is 24.2. The zero-order valence-corrected chi connectivity index (χ0v) is 19.4. The summed E-state index contributed by atoms with van der Waals surface area (Å²) in [6.07, 6.45) is 1.89. The molecular formula is C22H28N4O7S. The highest BCUT2D eigenvalue weighted by Gasteiger charge is 2.37. The number of fused-ring (bicyclic) bond motifs is 1. The van der Waals surface area contributed by atoms with Crippen LogP contribution < -0.4 is 5.32 Å². The third kappa shape index (κ3) is 5.40. The Morgan fingerprint density at radius 2 is 1.85 bits per heavy atom. The van der Waals surface area contributed by atoms with Crippen LogP contribution in [0.3, 0.4) is 0 Å². The number of amides is 1. The van der Waals surface area contributed by atoms with E-state index in [1.807, 2.05) is 4.90 Å². The molecule has 184 valence electrons. The fourth-order valence-electron chi connectivity index (χ4n) is 4.81. The van der Waals surface area contributed by atoms with Gasteiger partial charge in [-0.15, -0.1) is 0 Å². The second kappa shape index (κ2) is 9.72. The van der Waals surface area contributed by atoms with Gasteiger partial charge in [-0.3, -0.25) is 24.2 Å². The largest absolute Gasteiger partial charge is 0.481 e. The number of piperazine rings is 1. The van der Waals surface area contributed by atoms with E-state index in [4.69, 9.17) is 5.11 Å². The van der Waals surface area contributed by atoms with Crippen molar-refractivity contribution in [2.75, 3.05) is 43.0 Å². The fourth-order valence-corrected chi connectivity index (χ4v) is 6.57. The molecule has 1 aromatic carbocycles. The van der Waals surface area contributed by atoms with Crippen molar-refractivity contribution in [3.63, 3.8) is 0 Å². The van der Waals surface area contributed by atoms with Crippen LogP contribution in [0.4, 0.5) is 5.69 Å². The number of anilines is 1. The summed E-state index contributed by atoms with van der Waals surface area (Å²) >= 11 is 0. The number of rotatable bonds is 8. The molecule has 1 aromatic heterocycles. The van der Waals surface area contributed by atoms with Crippen molar-refractivity contribution < 1.29 is 33.0 Å². The summed E-state index contributed by atoms with van der Waals surface area (Å²) in [6.45, 7) is 2.24. The number of carbonyl (C=O) groups excluding carboxylic acids is 1. The highest BCUT2D eigenvalue weighted by atomic mass is 32.2. The van der Waals surface area contributed by atoms with Gasteiger partial charge >= 0.3 is 11.9 Å². The van der Waals surface area contributed by atoms with Crippen LogP contribution in [0.2, 0.25) is 0 Å². The number of nitrogens with one attached hydrogen (secondary N) is 2. The molecule has 2 atom stereocenters. The van der Waals surface area contributed by atoms with Crippen molar-refractivity contribution in [2.24, 2.45) is 0 Å². The maximum atomic E-state index is 12.2. The summed E-state index contributed by atoms with van der Waals surface area (Å²) in [6, 6.07) is 4.24. The Kier molecular flexibility index (Phi) is 6.91. The van der Waals surface area contributed by atoms with E-state index in [0.29, 0.717) is 49.4 Å². The number of aliphatic carboxylic acids is 2. The number of sulfone groups is 1. The number of carbonyl (C=O) groups is 3. The zero-order chi connectivity index (χ0) is 24.5. The first-order valence-corrected chi connectivity index (χ1v) is 13.0. The molecule has 3 heterocycles. The number of nitrogens with zero attached hydrogens (tertiary/aromatic N) is 2.